The summed E-state index contributed by atoms with van der Waals surface area (Å²) in [6.07, 6.45) is 1.97. The highest BCUT2D eigenvalue weighted by molar-refractivity contribution is 7.89. The van der Waals surface area contributed by atoms with Crippen LogP contribution in [0.25, 0.3) is 21.7 Å². The number of fused-ring (bicyclic) bond motifs is 2. The summed E-state index contributed by atoms with van der Waals surface area (Å²) in [4.78, 5) is 34.5. The summed E-state index contributed by atoms with van der Waals surface area (Å²) in [6, 6.07) is 12.2. The van der Waals surface area contributed by atoms with Crippen LogP contribution in [0.1, 0.15) is 28.7 Å². The van der Waals surface area contributed by atoms with Gasteiger partial charge < -0.3 is 9.80 Å². The van der Waals surface area contributed by atoms with Gasteiger partial charge in [0.15, 0.2) is 5.01 Å². The molecule has 1 aromatic heterocycles. The topological polar surface area (TPSA) is 114 Å². The molecule has 3 heterocycles. The van der Waals surface area contributed by atoms with Crippen LogP contribution in [0.2, 0.25) is 0 Å². The highest BCUT2D eigenvalue weighted by Crippen LogP contribution is 2.46. The van der Waals surface area contributed by atoms with Gasteiger partial charge >= 0.3 is 0 Å². The van der Waals surface area contributed by atoms with Crippen molar-refractivity contribution >= 4 is 38.9 Å². The predicted molar refractivity (Wildman–Crippen MR) is 134 cm³/mol. The van der Waals surface area contributed by atoms with Crippen LogP contribution >= 0.6 is 11.3 Å². The minimum Gasteiger partial charge on any atom is -0.336 e. The SMILES string of the molecule is CC(=O)N1CCc2cc(-c3nc(C(=O)N4CC5CC5C4)sc3-c3ccc(S(N)(=O)=O)cc3)ccc21. The van der Waals surface area contributed by atoms with Gasteiger partial charge in [0.05, 0.1) is 15.5 Å². The Hall–Kier alpha value is -3.08. The standard InChI is InChI=1S/C25H24N4O4S2/c1-14(30)29-9-8-16-10-17(4-7-21(16)29)22-23(15-2-5-20(6-3-15)35(26,32)33)34-24(27-22)25(31)28-12-18-11-19(18)13-28/h2-7,10,18-19H,8-9,11-13H2,1H3,(H2,26,32,33). The molecule has 35 heavy (non-hydrogen) atoms. The zero-order valence-electron chi connectivity index (χ0n) is 19.1. The largest absolute Gasteiger partial charge is 0.336 e. The molecule has 2 N–H and O–H groups in total. The molecule has 2 aromatic carbocycles. The van der Waals surface area contributed by atoms with Crippen LogP contribution < -0.4 is 10.0 Å². The van der Waals surface area contributed by atoms with Crippen LogP contribution in [-0.4, -0.2) is 49.8 Å². The number of rotatable bonds is 4. The van der Waals surface area contributed by atoms with Gasteiger partial charge in [-0.2, -0.15) is 0 Å². The van der Waals surface area contributed by atoms with Crippen LogP contribution in [0, 0.1) is 11.8 Å². The first-order valence-corrected chi connectivity index (χ1v) is 13.9. The van der Waals surface area contributed by atoms with Crippen LogP contribution in [0.5, 0.6) is 0 Å². The number of sulfonamides is 1. The van der Waals surface area contributed by atoms with Gasteiger partial charge in [0.1, 0.15) is 0 Å². The molecule has 8 nitrogen and oxygen atoms in total. The number of likely N-dealkylation sites (tertiary alicyclic amines) is 1. The molecule has 2 unspecified atom stereocenters. The molecule has 3 aromatic rings. The number of hydrogen-bond acceptors (Lipinski definition) is 6. The zero-order chi connectivity index (χ0) is 24.5. The van der Waals surface area contributed by atoms with Crippen molar-refractivity contribution in [1.82, 2.24) is 9.88 Å². The summed E-state index contributed by atoms with van der Waals surface area (Å²) >= 11 is 1.32. The number of carbonyl (C=O) groups is 2. The Labute approximate surface area is 207 Å². The number of primary sulfonamides is 1. The van der Waals surface area contributed by atoms with Gasteiger partial charge in [0.25, 0.3) is 5.91 Å². The number of hydrogen-bond donors (Lipinski definition) is 1. The Morgan fingerprint density at radius 2 is 1.74 bits per heavy atom. The van der Waals surface area contributed by atoms with E-state index in [9.17, 15) is 18.0 Å². The van der Waals surface area contributed by atoms with E-state index in [2.05, 4.69) is 0 Å². The molecule has 0 radical (unpaired) electrons. The number of aromatic nitrogens is 1. The lowest BCUT2D eigenvalue weighted by atomic mass is 10.0. The Morgan fingerprint density at radius 1 is 1.06 bits per heavy atom. The predicted octanol–water partition coefficient (Wildman–Crippen LogP) is 3.13. The van der Waals surface area contributed by atoms with Gasteiger partial charge in [0, 0.05) is 37.8 Å². The summed E-state index contributed by atoms with van der Waals surface area (Å²) in [5, 5.41) is 5.69. The molecule has 2 atom stereocenters. The average molecular weight is 509 g/mol. The quantitative estimate of drug-likeness (QED) is 0.582. The molecule has 2 amide bonds. The minimum atomic E-state index is -3.81. The fourth-order valence-electron chi connectivity index (χ4n) is 5.17. The van der Waals surface area contributed by atoms with E-state index in [-0.39, 0.29) is 16.7 Å². The number of amides is 2. The first-order valence-electron chi connectivity index (χ1n) is 11.5. The molecular formula is C25H24N4O4S2. The number of carbonyl (C=O) groups excluding carboxylic acids is 2. The third-order valence-corrected chi connectivity index (χ3v) is 9.17. The number of anilines is 1. The minimum absolute atomic E-state index is 0.0114. The zero-order valence-corrected chi connectivity index (χ0v) is 20.7. The Balaban J connectivity index is 1.42. The molecular weight excluding hydrogens is 484 g/mol. The number of nitrogens with two attached hydrogens (primary N) is 1. The number of nitrogens with zero attached hydrogens (tertiary/aromatic N) is 3. The molecule has 2 fully saturated rings. The third-order valence-electron chi connectivity index (χ3n) is 7.15. The Kier molecular flexibility index (Phi) is 5.10. The number of thiazole rings is 1. The highest BCUT2D eigenvalue weighted by Gasteiger charge is 2.47. The first kappa shape index (κ1) is 22.4. The van der Waals surface area contributed by atoms with E-state index in [0.717, 1.165) is 46.8 Å². The van der Waals surface area contributed by atoms with E-state index in [4.69, 9.17) is 10.1 Å². The average Bonchev–Trinajstić information content (AvgIpc) is 3.22. The molecule has 1 aliphatic carbocycles. The second kappa shape index (κ2) is 7.97. The van der Waals surface area contributed by atoms with Gasteiger partial charge in [-0.3, -0.25) is 9.59 Å². The highest BCUT2D eigenvalue weighted by atomic mass is 32.2. The maximum absolute atomic E-state index is 13.3. The number of piperidine rings is 1. The van der Waals surface area contributed by atoms with Crippen molar-refractivity contribution in [3.63, 3.8) is 0 Å². The smallest absolute Gasteiger partial charge is 0.282 e. The molecule has 10 heteroatoms. The number of benzene rings is 2. The van der Waals surface area contributed by atoms with Gasteiger partial charge in [-0.1, -0.05) is 18.2 Å². The van der Waals surface area contributed by atoms with Crippen molar-refractivity contribution in [3.05, 3.63) is 53.0 Å². The van der Waals surface area contributed by atoms with E-state index >= 15 is 0 Å². The van der Waals surface area contributed by atoms with Crippen LogP contribution in [0.3, 0.4) is 0 Å². The lowest BCUT2D eigenvalue weighted by molar-refractivity contribution is -0.116. The Bertz CT molecular complexity index is 1470. The summed E-state index contributed by atoms with van der Waals surface area (Å²) in [6.45, 7) is 3.79. The molecule has 0 bridgehead atoms. The van der Waals surface area contributed by atoms with E-state index < -0.39 is 10.0 Å². The maximum atomic E-state index is 13.3. The lowest BCUT2D eigenvalue weighted by Gasteiger charge is -2.15. The van der Waals surface area contributed by atoms with Gasteiger partial charge in [-0.05, 0) is 60.1 Å². The maximum Gasteiger partial charge on any atom is 0.282 e. The second-order valence-electron chi connectivity index (χ2n) is 9.50. The molecule has 180 valence electrons. The van der Waals surface area contributed by atoms with Crippen molar-refractivity contribution in [1.29, 1.82) is 0 Å². The van der Waals surface area contributed by atoms with Crippen molar-refractivity contribution in [2.75, 3.05) is 24.5 Å². The summed E-state index contributed by atoms with van der Waals surface area (Å²) in [7, 11) is -3.81. The van der Waals surface area contributed by atoms with E-state index in [1.165, 1.54) is 29.9 Å². The fraction of sp³-hybridized carbons (Fsp3) is 0.320. The molecule has 1 saturated carbocycles. The first-order chi connectivity index (χ1) is 16.7. The van der Waals surface area contributed by atoms with E-state index in [1.807, 2.05) is 23.1 Å². The van der Waals surface area contributed by atoms with Crippen LogP contribution in [-0.2, 0) is 21.2 Å². The van der Waals surface area contributed by atoms with Gasteiger partial charge in [-0.25, -0.2) is 18.5 Å². The molecule has 2 aliphatic heterocycles. The normalized spacial score (nSPS) is 20.6. The Morgan fingerprint density at radius 3 is 2.40 bits per heavy atom. The third kappa shape index (κ3) is 3.95. The summed E-state index contributed by atoms with van der Waals surface area (Å²) in [5.74, 6) is 1.21. The monoisotopic (exact) mass is 508 g/mol. The second-order valence-corrected chi connectivity index (χ2v) is 12.1. The van der Waals surface area contributed by atoms with Gasteiger partial charge in [0.2, 0.25) is 15.9 Å². The van der Waals surface area contributed by atoms with Crippen molar-refractivity contribution in [2.24, 2.45) is 17.0 Å². The van der Waals surface area contributed by atoms with Crippen LogP contribution in [0.4, 0.5) is 5.69 Å². The lowest BCUT2D eigenvalue weighted by Crippen LogP contribution is -2.30. The molecule has 6 rings (SSSR count). The van der Waals surface area contributed by atoms with Crippen LogP contribution in [0.15, 0.2) is 47.4 Å². The van der Waals surface area contributed by atoms with Crippen molar-refractivity contribution in [3.8, 4) is 21.7 Å². The van der Waals surface area contributed by atoms with Crippen molar-refractivity contribution < 1.29 is 18.0 Å². The summed E-state index contributed by atoms with van der Waals surface area (Å²) < 4.78 is 23.4. The molecule has 0 spiro atoms. The van der Waals surface area contributed by atoms with E-state index in [1.54, 1.807) is 24.0 Å². The molecule has 3 aliphatic rings. The van der Waals surface area contributed by atoms with Crippen molar-refractivity contribution in [2.45, 2.75) is 24.7 Å². The summed E-state index contributed by atoms with van der Waals surface area (Å²) in [5.41, 5.74) is 4.27. The van der Waals surface area contributed by atoms with E-state index in [0.29, 0.717) is 29.1 Å². The van der Waals surface area contributed by atoms with Gasteiger partial charge in [-0.15, -0.1) is 11.3 Å². The fourth-order valence-corrected chi connectivity index (χ4v) is 6.75. The molecule has 1 saturated heterocycles.